The van der Waals surface area contributed by atoms with Gasteiger partial charge in [-0.1, -0.05) is 32.0 Å². The van der Waals surface area contributed by atoms with Gasteiger partial charge in [0, 0.05) is 5.69 Å². The molecule has 0 unspecified atom stereocenters. The van der Waals surface area contributed by atoms with E-state index in [1.54, 1.807) is 12.3 Å². The third-order valence-corrected chi connectivity index (χ3v) is 3.25. The molecule has 24 heavy (non-hydrogen) atoms. The van der Waals surface area contributed by atoms with Crippen LogP contribution in [-0.4, -0.2) is 16.7 Å². The van der Waals surface area contributed by atoms with Crippen molar-refractivity contribution < 1.29 is 9.53 Å². The molecule has 0 saturated carbocycles. The molecule has 2 aromatic rings. The van der Waals surface area contributed by atoms with Gasteiger partial charge in [-0.15, -0.1) is 0 Å². The molecule has 1 aromatic carbocycles. The molecule has 1 amide bonds. The van der Waals surface area contributed by atoms with Gasteiger partial charge in [0.25, 0.3) is 0 Å². The summed E-state index contributed by atoms with van der Waals surface area (Å²) >= 11 is 0. The Hall–Kier alpha value is -2.56. The van der Waals surface area contributed by atoms with E-state index in [4.69, 9.17) is 4.74 Å². The van der Waals surface area contributed by atoms with Crippen molar-refractivity contribution in [1.82, 2.24) is 4.98 Å². The molecule has 5 heteroatoms. The first-order valence-corrected chi connectivity index (χ1v) is 8.06. The summed E-state index contributed by atoms with van der Waals surface area (Å²) in [4.78, 5) is 16.0. The molecule has 0 aliphatic rings. The molecule has 0 aliphatic heterocycles. The zero-order chi connectivity index (χ0) is 17.7. The lowest BCUT2D eigenvalue weighted by Crippen LogP contribution is -2.27. The van der Waals surface area contributed by atoms with Crippen LogP contribution in [0.25, 0.3) is 0 Å². The predicted octanol–water partition coefficient (Wildman–Crippen LogP) is 5.30. The third kappa shape index (κ3) is 5.26. The van der Waals surface area contributed by atoms with Gasteiger partial charge in [-0.05, 0) is 50.5 Å². The molecule has 2 N–H and O–H groups in total. The van der Waals surface area contributed by atoms with Crippen molar-refractivity contribution in [2.75, 3.05) is 10.6 Å². The van der Waals surface area contributed by atoms with Crippen LogP contribution >= 0.6 is 0 Å². The lowest BCUT2D eigenvalue weighted by atomic mass is 10.0. The fraction of sp³-hybridized carbons (Fsp3) is 0.368. The third-order valence-electron chi connectivity index (χ3n) is 3.25. The minimum absolute atomic E-state index is 0.426. The van der Waals surface area contributed by atoms with Gasteiger partial charge in [0.15, 0.2) is 0 Å². The molecule has 0 aliphatic carbocycles. The number of carbonyl (C=O) groups is 1. The molecule has 5 nitrogen and oxygen atoms in total. The summed E-state index contributed by atoms with van der Waals surface area (Å²) in [5.41, 5.74) is 2.63. The Morgan fingerprint density at radius 2 is 1.83 bits per heavy atom. The molecule has 0 radical (unpaired) electrons. The normalized spacial score (nSPS) is 11.2. The minimum atomic E-state index is -0.536. The summed E-state index contributed by atoms with van der Waals surface area (Å²) in [6.45, 7) is 9.77. The van der Waals surface area contributed by atoms with Crippen molar-refractivity contribution in [2.24, 2.45) is 0 Å². The van der Waals surface area contributed by atoms with Crippen LogP contribution in [-0.2, 0) is 4.74 Å². The standard InChI is InChI=1S/C19H25N3O2/c1-13(2)15-8-6-7-9-16(15)21-14-10-11-17(20-12-14)22-18(23)24-19(3,4)5/h6-13,21H,1-5H3,(H,20,22,23). The van der Waals surface area contributed by atoms with E-state index in [1.165, 1.54) is 5.56 Å². The van der Waals surface area contributed by atoms with E-state index in [-0.39, 0.29) is 0 Å². The van der Waals surface area contributed by atoms with Crippen LogP contribution in [0.3, 0.4) is 0 Å². The first-order chi connectivity index (χ1) is 11.2. The number of anilines is 3. The van der Waals surface area contributed by atoms with Crippen LogP contribution in [0.15, 0.2) is 42.6 Å². The number of ether oxygens (including phenoxy) is 1. The van der Waals surface area contributed by atoms with Gasteiger partial charge in [0.1, 0.15) is 11.4 Å². The number of pyridine rings is 1. The number of carbonyl (C=O) groups excluding carboxylic acids is 1. The van der Waals surface area contributed by atoms with E-state index >= 15 is 0 Å². The van der Waals surface area contributed by atoms with E-state index in [0.29, 0.717) is 11.7 Å². The Morgan fingerprint density at radius 3 is 2.42 bits per heavy atom. The van der Waals surface area contributed by atoms with Crippen molar-refractivity contribution in [3.05, 3.63) is 48.2 Å². The van der Waals surface area contributed by atoms with Crippen LogP contribution in [0.5, 0.6) is 0 Å². The molecule has 0 spiro atoms. The summed E-state index contributed by atoms with van der Waals surface area (Å²) in [6.07, 6.45) is 1.17. The molecule has 0 atom stereocenters. The number of rotatable bonds is 4. The van der Waals surface area contributed by atoms with Gasteiger partial charge in [-0.25, -0.2) is 9.78 Å². The van der Waals surface area contributed by atoms with Crippen molar-refractivity contribution in [3.63, 3.8) is 0 Å². The maximum Gasteiger partial charge on any atom is 0.413 e. The largest absolute Gasteiger partial charge is 0.444 e. The van der Waals surface area contributed by atoms with Gasteiger partial charge in [-0.2, -0.15) is 0 Å². The number of aromatic nitrogens is 1. The average Bonchev–Trinajstić information content (AvgIpc) is 2.47. The second-order valence-electron chi connectivity index (χ2n) is 6.93. The van der Waals surface area contributed by atoms with Crippen molar-refractivity contribution in [1.29, 1.82) is 0 Å². The fourth-order valence-corrected chi connectivity index (χ4v) is 2.22. The zero-order valence-electron chi connectivity index (χ0n) is 14.9. The highest BCUT2D eigenvalue weighted by atomic mass is 16.6. The predicted molar refractivity (Wildman–Crippen MR) is 97.9 cm³/mol. The maximum atomic E-state index is 11.7. The van der Waals surface area contributed by atoms with Crippen LogP contribution in [0.2, 0.25) is 0 Å². The van der Waals surface area contributed by atoms with Crippen LogP contribution in [0.4, 0.5) is 22.0 Å². The highest BCUT2D eigenvalue weighted by Crippen LogP contribution is 2.26. The van der Waals surface area contributed by atoms with Crippen LogP contribution in [0, 0.1) is 0 Å². The highest BCUT2D eigenvalue weighted by Gasteiger charge is 2.16. The number of nitrogens with zero attached hydrogens (tertiary/aromatic N) is 1. The summed E-state index contributed by atoms with van der Waals surface area (Å²) in [7, 11) is 0. The van der Waals surface area contributed by atoms with Gasteiger partial charge in [-0.3, -0.25) is 5.32 Å². The lowest BCUT2D eigenvalue weighted by molar-refractivity contribution is 0.0635. The second-order valence-corrected chi connectivity index (χ2v) is 6.93. The van der Waals surface area contributed by atoms with Gasteiger partial charge in [0.2, 0.25) is 0 Å². The van der Waals surface area contributed by atoms with E-state index in [0.717, 1.165) is 11.4 Å². The number of hydrogen-bond acceptors (Lipinski definition) is 4. The Balaban J connectivity index is 2.04. The number of benzene rings is 1. The van der Waals surface area contributed by atoms with E-state index in [2.05, 4.69) is 35.5 Å². The van der Waals surface area contributed by atoms with Gasteiger partial charge < -0.3 is 10.1 Å². The molecule has 1 aromatic heterocycles. The molecule has 0 fully saturated rings. The Kier molecular flexibility index (Phi) is 5.44. The van der Waals surface area contributed by atoms with Crippen molar-refractivity contribution in [2.45, 2.75) is 46.1 Å². The summed E-state index contributed by atoms with van der Waals surface area (Å²) < 4.78 is 5.20. The fourth-order valence-electron chi connectivity index (χ4n) is 2.22. The lowest BCUT2D eigenvalue weighted by Gasteiger charge is -2.19. The van der Waals surface area contributed by atoms with E-state index < -0.39 is 11.7 Å². The summed E-state index contributed by atoms with van der Waals surface area (Å²) in [6, 6.07) is 11.8. The summed E-state index contributed by atoms with van der Waals surface area (Å²) in [5, 5.41) is 5.99. The Morgan fingerprint density at radius 1 is 1.12 bits per heavy atom. The molecular weight excluding hydrogens is 302 g/mol. The Labute approximate surface area is 143 Å². The monoisotopic (exact) mass is 327 g/mol. The van der Waals surface area contributed by atoms with Crippen molar-refractivity contribution in [3.8, 4) is 0 Å². The second kappa shape index (κ2) is 7.34. The maximum absolute atomic E-state index is 11.7. The minimum Gasteiger partial charge on any atom is -0.444 e. The quantitative estimate of drug-likeness (QED) is 0.800. The smallest absolute Gasteiger partial charge is 0.413 e. The van der Waals surface area contributed by atoms with E-state index in [1.807, 2.05) is 45.0 Å². The molecule has 0 saturated heterocycles. The van der Waals surface area contributed by atoms with Gasteiger partial charge in [0.05, 0.1) is 11.9 Å². The zero-order valence-corrected chi connectivity index (χ0v) is 14.9. The number of hydrogen-bond donors (Lipinski definition) is 2. The SMILES string of the molecule is CC(C)c1ccccc1Nc1ccc(NC(=O)OC(C)(C)C)nc1. The van der Waals surface area contributed by atoms with Gasteiger partial charge >= 0.3 is 6.09 Å². The highest BCUT2D eigenvalue weighted by molar-refractivity contribution is 5.83. The number of amides is 1. The van der Waals surface area contributed by atoms with Crippen LogP contribution < -0.4 is 10.6 Å². The number of para-hydroxylation sites is 1. The molecular formula is C19H25N3O2. The first kappa shape index (κ1) is 17.8. The Bertz CT molecular complexity index is 689. The van der Waals surface area contributed by atoms with E-state index in [9.17, 15) is 4.79 Å². The molecule has 128 valence electrons. The molecule has 2 rings (SSSR count). The summed E-state index contributed by atoms with van der Waals surface area (Å²) in [5.74, 6) is 0.877. The molecule has 0 bridgehead atoms. The topological polar surface area (TPSA) is 63.2 Å². The first-order valence-electron chi connectivity index (χ1n) is 8.06. The average molecular weight is 327 g/mol. The molecule has 1 heterocycles. The number of nitrogens with one attached hydrogen (secondary N) is 2. The van der Waals surface area contributed by atoms with Crippen LogP contribution in [0.1, 0.15) is 46.1 Å². The van der Waals surface area contributed by atoms with Crippen molar-refractivity contribution >= 4 is 23.3 Å².